The van der Waals surface area contributed by atoms with Gasteiger partial charge in [-0.3, -0.25) is 4.57 Å². The Hall–Kier alpha value is -1.66. The van der Waals surface area contributed by atoms with E-state index in [1.165, 1.54) is 6.33 Å². The molecule has 3 aromatic heterocycles. The van der Waals surface area contributed by atoms with Gasteiger partial charge in [-0.05, 0) is 11.4 Å². The average Bonchev–Trinajstić information content (AvgIpc) is 3.03. The van der Waals surface area contributed by atoms with Crippen LogP contribution in [0.15, 0.2) is 23.2 Å². The number of halogens is 1. The second-order valence-electron chi connectivity index (χ2n) is 3.53. The van der Waals surface area contributed by atoms with Gasteiger partial charge in [-0.25, -0.2) is 9.97 Å². The summed E-state index contributed by atoms with van der Waals surface area (Å²) in [5.74, 6) is 1.49. The number of thiophene rings is 1. The lowest BCUT2D eigenvalue weighted by molar-refractivity contribution is 0.401. The SMILES string of the molecule is COc1ncnc2c1nc(CCl)n2-c1ccsc1. The van der Waals surface area contributed by atoms with Crippen molar-refractivity contribution >= 4 is 34.1 Å². The predicted molar refractivity (Wildman–Crippen MR) is 70.6 cm³/mol. The van der Waals surface area contributed by atoms with Gasteiger partial charge in [0, 0.05) is 5.38 Å². The lowest BCUT2D eigenvalue weighted by atomic mass is 10.4. The number of hydrogen-bond acceptors (Lipinski definition) is 5. The highest BCUT2D eigenvalue weighted by Gasteiger charge is 2.16. The van der Waals surface area contributed by atoms with E-state index in [1.807, 2.05) is 21.4 Å². The highest BCUT2D eigenvalue weighted by Crippen LogP contribution is 2.26. The quantitative estimate of drug-likeness (QED) is 0.692. The third-order valence-corrected chi connectivity index (χ3v) is 3.47. The maximum Gasteiger partial charge on any atom is 0.245 e. The van der Waals surface area contributed by atoms with E-state index in [0.717, 1.165) is 11.5 Å². The molecule has 92 valence electrons. The lowest BCUT2D eigenvalue weighted by Crippen LogP contribution is -1.98. The number of nitrogens with zero attached hydrogens (tertiary/aromatic N) is 4. The number of fused-ring (bicyclic) bond motifs is 1. The predicted octanol–water partition coefficient (Wildman–Crippen LogP) is 2.62. The van der Waals surface area contributed by atoms with E-state index in [-0.39, 0.29) is 0 Å². The number of hydrogen-bond donors (Lipinski definition) is 0. The monoisotopic (exact) mass is 280 g/mol. The molecule has 0 aliphatic rings. The number of ether oxygens (including phenoxy) is 1. The fourth-order valence-electron chi connectivity index (χ4n) is 1.81. The van der Waals surface area contributed by atoms with Gasteiger partial charge in [0.15, 0.2) is 11.2 Å². The van der Waals surface area contributed by atoms with Gasteiger partial charge >= 0.3 is 0 Å². The fourth-order valence-corrected chi connectivity index (χ4v) is 2.61. The van der Waals surface area contributed by atoms with Crippen LogP contribution in [0.2, 0.25) is 0 Å². The zero-order valence-electron chi connectivity index (χ0n) is 9.50. The summed E-state index contributed by atoms with van der Waals surface area (Å²) >= 11 is 7.56. The molecule has 0 aromatic carbocycles. The van der Waals surface area contributed by atoms with Crippen LogP contribution in [-0.2, 0) is 5.88 Å². The summed E-state index contributed by atoms with van der Waals surface area (Å²) < 4.78 is 7.11. The maximum atomic E-state index is 5.95. The number of rotatable bonds is 3. The van der Waals surface area contributed by atoms with Gasteiger partial charge in [0.1, 0.15) is 12.2 Å². The molecule has 3 aromatic rings. The molecule has 0 spiro atoms. The molecule has 5 nitrogen and oxygen atoms in total. The van der Waals surface area contributed by atoms with E-state index in [2.05, 4.69) is 15.0 Å². The highest BCUT2D eigenvalue weighted by atomic mass is 35.5. The van der Waals surface area contributed by atoms with Crippen molar-refractivity contribution in [1.82, 2.24) is 19.5 Å². The van der Waals surface area contributed by atoms with E-state index in [9.17, 15) is 0 Å². The summed E-state index contributed by atoms with van der Waals surface area (Å²) in [5.41, 5.74) is 2.33. The van der Waals surface area contributed by atoms with Crippen LogP contribution < -0.4 is 4.74 Å². The molecule has 0 saturated heterocycles. The largest absolute Gasteiger partial charge is 0.479 e. The van der Waals surface area contributed by atoms with Crippen LogP contribution in [0.25, 0.3) is 16.9 Å². The minimum Gasteiger partial charge on any atom is -0.479 e. The minimum absolute atomic E-state index is 0.301. The van der Waals surface area contributed by atoms with Gasteiger partial charge in [0.25, 0.3) is 0 Å². The summed E-state index contributed by atoms with van der Waals surface area (Å²) in [5, 5.41) is 4.02. The van der Waals surface area contributed by atoms with Crippen LogP contribution in [-0.4, -0.2) is 26.6 Å². The Kier molecular flexibility index (Phi) is 2.89. The molecule has 0 aliphatic carbocycles. The molecule has 0 radical (unpaired) electrons. The van der Waals surface area contributed by atoms with Gasteiger partial charge in [-0.2, -0.15) is 16.3 Å². The molecular weight excluding hydrogens is 272 g/mol. The van der Waals surface area contributed by atoms with Gasteiger partial charge in [-0.1, -0.05) is 0 Å². The van der Waals surface area contributed by atoms with E-state index < -0.39 is 0 Å². The molecule has 0 saturated carbocycles. The molecule has 3 rings (SSSR count). The van der Waals surface area contributed by atoms with E-state index in [4.69, 9.17) is 16.3 Å². The number of alkyl halides is 1. The Morgan fingerprint density at radius 2 is 2.33 bits per heavy atom. The molecule has 0 N–H and O–H groups in total. The zero-order valence-corrected chi connectivity index (χ0v) is 11.1. The molecule has 0 amide bonds. The molecule has 18 heavy (non-hydrogen) atoms. The first kappa shape index (κ1) is 11.4. The van der Waals surface area contributed by atoms with Crippen LogP contribution in [0.5, 0.6) is 5.88 Å². The Labute approximate surface area is 112 Å². The van der Waals surface area contributed by atoms with E-state index >= 15 is 0 Å². The van der Waals surface area contributed by atoms with Crippen molar-refractivity contribution in [3.05, 3.63) is 29.0 Å². The third-order valence-electron chi connectivity index (χ3n) is 2.56. The first-order chi connectivity index (χ1) is 8.85. The van der Waals surface area contributed by atoms with E-state index in [0.29, 0.717) is 22.9 Å². The van der Waals surface area contributed by atoms with Gasteiger partial charge in [0.2, 0.25) is 5.88 Å². The number of aromatic nitrogens is 4. The summed E-state index contributed by atoms with van der Waals surface area (Å²) in [7, 11) is 1.56. The second-order valence-corrected chi connectivity index (χ2v) is 4.58. The molecule has 0 fully saturated rings. The molecule has 0 atom stereocenters. The van der Waals surface area contributed by atoms with Crippen LogP contribution in [0.3, 0.4) is 0 Å². The Bertz CT molecular complexity index is 680. The van der Waals surface area contributed by atoms with Gasteiger partial charge < -0.3 is 4.74 Å². The first-order valence-electron chi connectivity index (χ1n) is 5.20. The van der Waals surface area contributed by atoms with Crippen LogP contribution in [0.1, 0.15) is 5.82 Å². The molecule has 0 aliphatic heterocycles. The summed E-state index contributed by atoms with van der Waals surface area (Å²) in [6.45, 7) is 0. The van der Waals surface area contributed by atoms with Gasteiger partial charge in [-0.15, -0.1) is 11.6 Å². The molecule has 0 unspecified atom stereocenters. The van der Waals surface area contributed by atoms with Crippen molar-refractivity contribution in [2.75, 3.05) is 7.11 Å². The molecular formula is C11H9ClN4OS. The molecule has 0 bridgehead atoms. The van der Waals surface area contributed by atoms with Crippen molar-refractivity contribution in [2.45, 2.75) is 5.88 Å². The first-order valence-corrected chi connectivity index (χ1v) is 6.67. The van der Waals surface area contributed by atoms with Crippen molar-refractivity contribution in [3.63, 3.8) is 0 Å². The minimum atomic E-state index is 0.301. The normalized spacial score (nSPS) is 11.0. The van der Waals surface area contributed by atoms with Crippen molar-refractivity contribution < 1.29 is 4.74 Å². The number of imidazole rings is 1. The van der Waals surface area contributed by atoms with Gasteiger partial charge in [0.05, 0.1) is 18.7 Å². The maximum absolute atomic E-state index is 5.95. The second kappa shape index (κ2) is 4.55. The summed E-state index contributed by atoms with van der Waals surface area (Å²) in [6, 6.07) is 2.00. The van der Waals surface area contributed by atoms with Crippen LogP contribution in [0.4, 0.5) is 0 Å². The molecule has 3 heterocycles. The Morgan fingerprint density at radius 3 is 3.00 bits per heavy atom. The van der Waals surface area contributed by atoms with Crippen molar-refractivity contribution in [3.8, 4) is 11.6 Å². The van der Waals surface area contributed by atoms with Crippen LogP contribution >= 0.6 is 22.9 Å². The number of methoxy groups -OCH3 is 1. The third kappa shape index (κ3) is 1.65. The van der Waals surface area contributed by atoms with Crippen molar-refractivity contribution in [2.24, 2.45) is 0 Å². The molecule has 7 heteroatoms. The standard InChI is InChI=1S/C11H9ClN4OS/c1-17-11-9-10(13-6-14-11)16(8(4-12)15-9)7-2-3-18-5-7/h2-3,5-6H,4H2,1H3. The van der Waals surface area contributed by atoms with Crippen molar-refractivity contribution in [1.29, 1.82) is 0 Å². The zero-order chi connectivity index (χ0) is 12.5. The fraction of sp³-hybridized carbons (Fsp3) is 0.182. The lowest BCUT2D eigenvalue weighted by Gasteiger charge is -2.03. The average molecular weight is 281 g/mol. The summed E-state index contributed by atoms with van der Waals surface area (Å²) in [4.78, 5) is 12.8. The summed E-state index contributed by atoms with van der Waals surface area (Å²) in [6.07, 6.45) is 1.46. The Morgan fingerprint density at radius 1 is 1.44 bits per heavy atom. The highest BCUT2D eigenvalue weighted by molar-refractivity contribution is 7.08. The topological polar surface area (TPSA) is 52.8 Å². The van der Waals surface area contributed by atoms with E-state index in [1.54, 1.807) is 18.4 Å². The smallest absolute Gasteiger partial charge is 0.245 e. The van der Waals surface area contributed by atoms with Crippen LogP contribution in [0, 0.1) is 0 Å². The Balaban J connectivity index is 2.36.